The molecule has 28 heavy (non-hydrogen) atoms. The monoisotopic (exact) mass is 382 g/mol. The quantitative estimate of drug-likeness (QED) is 0.763. The number of fused-ring (bicyclic) bond motifs is 1. The van der Waals surface area contributed by atoms with E-state index in [0.717, 1.165) is 11.1 Å². The third-order valence-electron chi connectivity index (χ3n) is 5.20. The Labute approximate surface area is 162 Å². The van der Waals surface area contributed by atoms with Gasteiger partial charge in [0.05, 0.1) is 6.20 Å². The maximum Gasteiger partial charge on any atom is 0.255 e. The molecule has 1 aromatic heterocycles. The average Bonchev–Trinajstić information content (AvgIpc) is 3.46. The van der Waals surface area contributed by atoms with E-state index in [9.17, 15) is 14.4 Å². The van der Waals surface area contributed by atoms with Crippen LogP contribution in [0.15, 0.2) is 35.0 Å². The number of piperidine rings is 1. The van der Waals surface area contributed by atoms with Crippen LogP contribution in [0.25, 0.3) is 11.3 Å². The zero-order chi connectivity index (χ0) is 19.5. The van der Waals surface area contributed by atoms with E-state index < -0.39 is 11.9 Å². The molecule has 4 heterocycles. The number of amides is 3. The van der Waals surface area contributed by atoms with Gasteiger partial charge in [-0.25, -0.2) is 0 Å². The Morgan fingerprint density at radius 2 is 1.93 bits per heavy atom. The van der Waals surface area contributed by atoms with Crippen molar-refractivity contribution in [1.29, 1.82) is 0 Å². The second kappa shape index (κ2) is 7.93. The van der Waals surface area contributed by atoms with E-state index in [1.165, 1.54) is 30.8 Å². The molecule has 0 spiro atoms. The summed E-state index contributed by atoms with van der Waals surface area (Å²) < 4.78 is 5.13. The molecule has 1 aromatic carbocycles. The van der Waals surface area contributed by atoms with Crippen molar-refractivity contribution in [2.45, 2.75) is 38.3 Å². The second-order valence-electron chi connectivity index (χ2n) is 7.11. The van der Waals surface area contributed by atoms with Gasteiger partial charge >= 0.3 is 0 Å². The van der Waals surface area contributed by atoms with Gasteiger partial charge in [0.2, 0.25) is 11.8 Å². The first-order valence-corrected chi connectivity index (χ1v) is 9.53. The molecule has 8 heteroatoms. The van der Waals surface area contributed by atoms with Crippen molar-refractivity contribution in [2.75, 3.05) is 13.1 Å². The summed E-state index contributed by atoms with van der Waals surface area (Å²) in [5.74, 6) is -0.251. The Bertz CT molecular complexity index is 882. The maximum absolute atomic E-state index is 12.5. The van der Waals surface area contributed by atoms with Crippen molar-refractivity contribution >= 4 is 17.7 Å². The lowest BCUT2D eigenvalue weighted by molar-refractivity contribution is -0.136. The molecule has 0 aliphatic carbocycles. The standard InChI is InChI=1S/C16H13N3O4.C4H9N/c20-14-4-3-12(15(21)18-14)19-8-10-7-9(13-5-6-17-23-13)1-2-11(10)16(19)22;1-2-4-5-3-1/h1-2,5-7,12H,3-4,8H2,(H,18,20,21);5H,1-4H2. The van der Waals surface area contributed by atoms with Crippen molar-refractivity contribution in [3.05, 3.63) is 41.6 Å². The number of carbonyl (C=O) groups is 3. The van der Waals surface area contributed by atoms with E-state index in [4.69, 9.17) is 4.52 Å². The fourth-order valence-electron chi connectivity index (χ4n) is 3.72. The molecule has 2 fully saturated rings. The van der Waals surface area contributed by atoms with Crippen LogP contribution in [-0.2, 0) is 16.1 Å². The number of hydrogen-bond donors (Lipinski definition) is 2. The lowest BCUT2D eigenvalue weighted by Crippen LogP contribution is -2.52. The molecule has 2 N–H and O–H groups in total. The highest BCUT2D eigenvalue weighted by Gasteiger charge is 2.39. The molecule has 2 saturated heterocycles. The van der Waals surface area contributed by atoms with Gasteiger partial charge in [-0.2, -0.15) is 0 Å². The molecule has 146 valence electrons. The Morgan fingerprint density at radius 1 is 1.11 bits per heavy atom. The van der Waals surface area contributed by atoms with Gasteiger partial charge in [-0.15, -0.1) is 0 Å². The van der Waals surface area contributed by atoms with Crippen LogP contribution in [0.3, 0.4) is 0 Å². The third kappa shape index (κ3) is 3.68. The number of nitrogens with one attached hydrogen (secondary N) is 2. The van der Waals surface area contributed by atoms with Gasteiger partial charge in [-0.05, 0) is 50.0 Å². The van der Waals surface area contributed by atoms with Crippen molar-refractivity contribution in [3.63, 3.8) is 0 Å². The van der Waals surface area contributed by atoms with Gasteiger partial charge in [-0.1, -0.05) is 11.2 Å². The number of imide groups is 1. The summed E-state index contributed by atoms with van der Waals surface area (Å²) in [5.41, 5.74) is 2.26. The minimum atomic E-state index is -0.596. The molecule has 8 nitrogen and oxygen atoms in total. The Balaban J connectivity index is 0.000000336. The number of rotatable bonds is 2. The molecule has 3 amide bonds. The molecular formula is C20H22N4O4. The SMILES string of the molecule is C1CCNC1.O=C1CCC(N2Cc3cc(-c4ccno4)ccc3C2=O)C(=O)N1. The van der Waals surface area contributed by atoms with E-state index in [-0.39, 0.29) is 18.2 Å². The summed E-state index contributed by atoms with van der Waals surface area (Å²) in [6.45, 7) is 2.85. The highest BCUT2D eigenvalue weighted by atomic mass is 16.5. The van der Waals surface area contributed by atoms with Gasteiger partial charge < -0.3 is 14.7 Å². The highest BCUT2D eigenvalue weighted by Crippen LogP contribution is 2.30. The minimum absolute atomic E-state index is 0.182. The first kappa shape index (κ1) is 18.4. The van der Waals surface area contributed by atoms with Crippen LogP contribution < -0.4 is 10.6 Å². The van der Waals surface area contributed by atoms with E-state index in [1.807, 2.05) is 6.07 Å². The van der Waals surface area contributed by atoms with Crippen LogP contribution in [0.2, 0.25) is 0 Å². The minimum Gasteiger partial charge on any atom is -0.356 e. The van der Waals surface area contributed by atoms with Crippen LogP contribution in [0.1, 0.15) is 41.6 Å². The van der Waals surface area contributed by atoms with E-state index in [0.29, 0.717) is 24.3 Å². The Morgan fingerprint density at radius 3 is 2.57 bits per heavy atom. The number of aromatic nitrogens is 1. The lowest BCUT2D eigenvalue weighted by atomic mass is 10.0. The van der Waals surface area contributed by atoms with Crippen LogP contribution in [0, 0.1) is 0 Å². The molecule has 3 aliphatic rings. The molecular weight excluding hydrogens is 360 g/mol. The molecule has 0 radical (unpaired) electrons. The molecule has 1 unspecified atom stereocenters. The van der Waals surface area contributed by atoms with Crippen molar-refractivity contribution in [3.8, 4) is 11.3 Å². The summed E-state index contributed by atoms with van der Waals surface area (Å²) in [4.78, 5) is 37.3. The summed E-state index contributed by atoms with van der Waals surface area (Å²) in [6, 6.07) is 6.56. The highest BCUT2D eigenvalue weighted by molar-refractivity contribution is 6.05. The zero-order valence-corrected chi connectivity index (χ0v) is 15.4. The first-order chi connectivity index (χ1) is 13.6. The smallest absolute Gasteiger partial charge is 0.255 e. The van der Waals surface area contributed by atoms with Gasteiger partial charge in [0, 0.05) is 30.2 Å². The van der Waals surface area contributed by atoms with Gasteiger partial charge in [-0.3, -0.25) is 19.7 Å². The van der Waals surface area contributed by atoms with Crippen molar-refractivity contribution in [1.82, 2.24) is 20.7 Å². The number of nitrogens with zero attached hydrogens (tertiary/aromatic N) is 2. The number of hydrogen-bond acceptors (Lipinski definition) is 6. The summed E-state index contributed by atoms with van der Waals surface area (Å²) in [5, 5.41) is 9.19. The second-order valence-corrected chi connectivity index (χ2v) is 7.11. The van der Waals surface area contributed by atoms with Gasteiger partial charge in [0.25, 0.3) is 5.91 Å². The molecule has 1 atom stereocenters. The van der Waals surface area contributed by atoms with Crippen molar-refractivity contribution in [2.24, 2.45) is 0 Å². The average molecular weight is 382 g/mol. The fourth-order valence-corrected chi connectivity index (χ4v) is 3.72. The molecule has 3 aliphatic heterocycles. The molecule has 2 aromatic rings. The summed E-state index contributed by atoms with van der Waals surface area (Å²) in [6.07, 6.45) is 4.95. The van der Waals surface area contributed by atoms with E-state index in [2.05, 4.69) is 15.8 Å². The zero-order valence-electron chi connectivity index (χ0n) is 15.4. The van der Waals surface area contributed by atoms with Crippen LogP contribution in [-0.4, -0.2) is 46.9 Å². The predicted octanol–water partition coefficient (Wildman–Crippen LogP) is 1.47. The topological polar surface area (TPSA) is 105 Å². The number of carbonyl (C=O) groups excluding carboxylic acids is 3. The van der Waals surface area contributed by atoms with Gasteiger partial charge in [0.15, 0.2) is 5.76 Å². The van der Waals surface area contributed by atoms with Crippen LogP contribution >= 0.6 is 0 Å². The van der Waals surface area contributed by atoms with Crippen molar-refractivity contribution < 1.29 is 18.9 Å². The van der Waals surface area contributed by atoms with E-state index in [1.54, 1.807) is 24.4 Å². The molecule has 0 bridgehead atoms. The Kier molecular flexibility index (Phi) is 5.21. The van der Waals surface area contributed by atoms with E-state index >= 15 is 0 Å². The number of benzene rings is 1. The van der Waals surface area contributed by atoms with Crippen LogP contribution in [0.4, 0.5) is 0 Å². The fraction of sp³-hybridized carbons (Fsp3) is 0.400. The normalized spacial score (nSPS) is 21.2. The first-order valence-electron chi connectivity index (χ1n) is 9.53. The third-order valence-corrected chi connectivity index (χ3v) is 5.20. The predicted molar refractivity (Wildman–Crippen MR) is 100 cm³/mol. The molecule has 0 saturated carbocycles. The largest absolute Gasteiger partial charge is 0.356 e. The Hall–Kier alpha value is -3.00. The lowest BCUT2D eigenvalue weighted by Gasteiger charge is -2.29. The van der Waals surface area contributed by atoms with Crippen LogP contribution in [0.5, 0.6) is 0 Å². The summed E-state index contributed by atoms with van der Waals surface area (Å²) >= 11 is 0. The van der Waals surface area contributed by atoms with Gasteiger partial charge in [0.1, 0.15) is 6.04 Å². The summed E-state index contributed by atoms with van der Waals surface area (Å²) in [7, 11) is 0. The molecule has 5 rings (SSSR count). The maximum atomic E-state index is 12.5.